The van der Waals surface area contributed by atoms with Crippen molar-refractivity contribution in [3.8, 4) is 0 Å². The summed E-state index contributed by atoms with van der Waals surface area (Å²) in [5.74, 6) is -0.285. The Balaban J connectivity index is 2.21. The van der Waals surface area contributed by atoms with Gasteiger partial charge in [-0.25, -0.2) is 4.39 Å². The third-order valence-electron chi connectivity index (χ3n) is 2.70. The lowest BCUT2D eigenvalue weighted by Gasteiger charge is -2.05. The highest BCUT2D eigenvalue weighted by molar-refractivity contribution is 5.98. The van der Waals surface area contributed by atoms with Crippen LogP contribution in [0.15, 0.2) is 48.5 Å². The minimum absolute atomic E-state index is 0.0219. The number of benzene rings is 2. The molecule has 0 bridgehead atoms. The molecule has 0 unspecified atom stereocenters. The number of rotatable bonds is 3. The van der Waals surface area contributed by atoms with Crippen molar-refractivity contribution in [3.63, 3.8) is 0 Å². The van der Waals surface area contributed by atoms with Crippen molar-refractivity contribution in [1.29, 1.82) is 0 Å². The summed E-state index contributed by atoms with van der Waals surface area (Å²) in [6, 6.07) is 13.8. The van der Waals surface area contributed by atoms with Gasteiger partial charge in [-0.3, -0.25) is 4.79 Å². The van der Waals surface area contributed by atoms with Gasteiger partial charge in [-0.2, -0.15) is 0 Å². The Morgan fingerprint density at radius 2 is 1.82 bits per heavy atom. The van der Waals surface area contributed by atoms with E-state index < -0.39 is 0 Å². The van der Waals surface area contributed by atoms with Gasteiger partial charge in [0, 0.05) is 12.0 Å². The molecule has 0 aliphatic heterocycles. The molecule has 0 radical (unpaired) electrons. The van der Waals surface area contributed by atoms with E-state index in [-0.39, 0.29) is 11.6 Å². The molecule has 0 saturated carbocycles. The number of carbonyl (C=O) groups is 1. The first kappa shape index (κ1) is 11.5. The summed E-state index contributed by atoms with van der Waals surface area (Å²) in [5.41, 5.74) is 2.25. The highest BCUT2D eigenvalue weighted by atomic mass is 19.1. The summed E-state index contributed by atoms with van der Waals surface area (Å²) in [4.78, 5) is 12.0. The van der Waals surface area contributed by atoms with Crippen LogP contribution in [0, 0.1) is 12.7 Å². The normalized spacial score (nSPS) is 10.2. The lowest BCUT2D eigenvalue weighted by molar-refractivity contribution is 0.0992. The molecule has 0 amide bonds. The van der Waals surface area contributed by atoms with Crippen LogP contribution in [0.25, 0.3) is 0 Å². The van der Waals surface area contributed by atoms with Gasteiger partial charge in [0.05, 0.1) is 0 Å². The largest absolute Gasteiger partial charge is 0.294 e. The van der Waals surface area contributed by atoms with Gasteiger partial charge in [0.25, 0.3) is 0 Å². The Labute approximate surface area is 99.9 Å². The molecule has 0 aliphatic rings. The fraction of sp³-hybridized carbons (Fsp3) is 0.133. The molecule has 0 atom stereocenters. The molecule has 86 valence electrons. The van der Waals surface area contributed by atoms with E-state index in [1.807, 2.05) is 30.3 Å². The minimum Gasteiger partial charge on any atom is -0.294 e. The van der Waals surface area contributed by atoms with Crippen molar-refractivity contribution in [2.75, 3.05) is 0 Å². The molecule has 0 N–H and O–H groups in total. The second-order valence-corrected chi connectivity index (χ2v) is 4.04. The second-order valence-electron chi connectivity index (χ2n) is 4.04. The van der Waals surface area contributed by atoms with Crippen molar-refractivity contribution in [3.05, 3.63) is 71.0 Å². The summed E-state index contributed by atoms with van der Waals surface area (Å²) in [6.45, 7) is 1.75. The Bertz CT molecular complexity index is 532. The number of halogens is 1. The molecule has 0 aromatic heterocycles. The van der Waals surface area contributed by atoms with Crippen LogP contribution in [0.2, 0.25) is 0 Å². The number of hydrogen-bond acceptors (Lipinski definition) is 1. The van der Waals surface area contributed by atoms with Gasteiger partial charge in [-0.1, -0.05) is 30.3 Å². The monoisotopic (exact) mass is 228 g/mol. The predicted molar refractivity (Wildman–Crippen MR) is 65.6 cm³/mol. The van der Waals surface area contributed by atoms with Crippen LogP contribution in [-0.4, -0.2) is 5.78 Å². The van der Waals surface area contributed by atoms with Crippen LogP contribution in [0.5, 0.6) is 0 Å². The summed E-state index contributed by atoms with van der Waals surface area (Å²) >= 11 is 0. The van der Waals surface area contributed by atoms with Crippen molar-refractivity contribution < 1.29 is 9.18 Å². The van der Waals surface area contributed by atoms with Crippen LogP contribution in [0.1, 0.15) is 21.5 Å². The lowest BCUT2D eigenvalue weighted by Crippen LogP contribution is -2.05. The average molecular weight is 228 g/mol. The minimum atomic E-state index is -0.307. The van der Waals surface area contributed by atoms with Crippen molar-refractivity contribution in [1.82, 2.24) is 0 Å². The number of aryl methyl sites for hydroxylation is 1. The number of hydrogen-bond donors (Lipinski definition) is 0. The molecule has 2 rings (SSSR count). The molecule has 0 spiro atoms. The zero-order chi connectivity index (χ0) is 12.3. The van der Waals surface area contributed by atoms with Crippen LogP contribution in [0.4, 0.5) is 4.39 Å². The molecule has 2 aromatic carbocycles. The SMILES string of the molecule is Cc1cc(F)ccc1C(=O)Cc1ccccc1. The molecule has 2 aromatic rings. The Morgan fingerprint density at radius 1 is 1.12 bits per heavy atom. The summed E-state index contributed by atoms with van der Waals surface area (Å²) in [6.07, 6.45) is 0.354. The van der Waals surface area contributed by atoms with Gasteiger partial charge in [0.15, 0.2) is 5.78 Å². The van der Waals surface area contributed by atoms with E-state index in [4.69, 9.17) is 0 Å². The summed E-state index contributed by atoms with van der Waals surface area (Å²) in [7, 11) is 0. The van der Waals surface area contributed by atoms with E-state index in [0.29, 0.717) is 17.5 Å². The van der Waals surface area contributed by atoms with Crippen LogP contribution < -0.4 is 0 Å². The molecule has 0 fully saturated rings. The Morgan fingerprint density at radius 3 is 2.47 bits per heavy atom. The van der Waals surface area contributed by atoms with Gasteiger partial charge in [-0.15, -0.1) is 0 Å². The summed E-state index contributed by atoms with van der Waals surface area (Å²) < 4.78 is 12.9. The van der Waals surface area contributed by atoms with E-state index in [1.165, 1.54) is 12.1 Å². The molecule has 1 nitrogen and oxygen atoms in total. The van der Waals surface area contributed by atoms with Crippen molar-refractivity contribution in [2.45, 2.75) is 13.3 Å². The molecule has 17 heavy (non-hydrogen) atoms. The third-order valence-corrected chi connectivity index (χ3v) is 2.70. The first-order valence-corrected chi connectivity index (χ1v) is 5.50. The van der Waals surface area contributed by atoms with Crippen LogP contribution in [0.3, 0.4) is 0 Å². The van der Waals surface area contributed by atoms with Gasteiger partial charge >= 0.3 is 0 Å². The van der Waals surface area contributed by atoms with Gasteiger partial charge in [0.1, 0.15) is 5.82 Å². The average Bonchev–Trinajstić information content (AvgIpc) is 2.30. The Hall–Kier alpha value is -1.96. The van der Waals surface area contributed by atoms with Crippen LogP contribution >= 0.6 is 0 Å². The highest BCUT2D eigenvalue weighted by Crippen LogP contribution is 2.13. The zero-order valence-corrected chi connectivity index (χ0v) is 9.61. The maximum absolute atomic E-state index is 12.9. The Kier molecular flexibility index (Phi) is 3.33. The standard InChI is InChI=1S/C15H13FO/c1-11-9-13(16)7-8-14(11)15(17)10-12-5-3-2-4-6-12/h2-9H,10H2,1H3. The summed E-state index contributed by atoms with van der Waals surface area (Å²) in [5, 5.41) is 0. The van der Waals surface area contributed by atoms with E-state index in [9.17, 15) is 9.18 Å². The van der Waals surface area contributed by atoms with Crippen LogP contribution in [-0.2, 0) is 6.42 Å². The topological polar surface area (TPSA) is 17.1 Å². The van der Waals surface area contributed by atoms with Crippen molar-refractivity contribution >= 4 is 5.78 Å². The lowest BCUT2D eigenvalue weighted by atomic mass is 9.99. The van der Waals surface area contributed by atoms with Crippen molar-refractivity contribution in [2.24, 2.45) is 0 Å². The molecule has 2 heteroatoms. The number of carbonyl (C=O) groups excluding carboxylic acids is 1. The quantitative estimate of drug-likeness (QED) is 0.734. The maximum atomic E-state index is 12.9. The first-order valence-electron chi connectivity index (χ1n) is 5.50. The maximum Gasteiger partial charge on any atom is 0.167 e. The van der Waals surface area contributed by atoms with Gasteiger partial charge in [0.2, 0.25) is 0 Å². The van der Waals surface area contributed by atoms with E-state index in [2.05, 4.69) is 0 Å². The number of Topliss-reactive ketones (excluding diaryl/α,β-unsaturated/α-hetero) is 1. The zero-order valence-electron chi connectivity index (χ0n) is 9.61. The smallest absolute Gasteiger partial charge is 0.167 e. The van der Waals surface area contributed by atoms with Gasteiger partial charge < -0.3 is 0 Å². The second kappa shape index (κ2) is 4.91. The number of ketones is 1. The van der Waals surface area contributed by atoms with E-state index in [0.717, 1.165) is 5.56 Å². The fourth-order valence-corrected chi connectivity index (χ4v) is 1.82. The first-order chi connectivity index (χ1) is 8.16. The highest BCUT2D eigenvalue weighted by Gasteiger charge is 2.10. The van der Waals surface area contributed by atoms with E-state index >= 15 is 0 Å². The molecule has 0 aliphatic carbocycles. The van der Waals surface area contributed by atoms with E-state index in [1.54, 1.807) is 13.0 Å². The fourth-order valence-electron chi connectivity index (χ4n) is 1.82. The molecule has 0 saturated heterocycles. The third kappa shape index (κ3) is 2.78. The molecule has 0 heterocycles. The van der Waals surface area contributed by atoms with Gasteiger partial charge in [-0.05, 0) is 36.2 Å². The molecular weight excluding hydrogens is 215 g/mol. The molecular formula is C15H13FO. The predicted octanol–water partition coefficient (Wildman–Crippen LogP) is 3.56.